The SMILES string of the molecule is CCOC(=O)c1ccccc1NC(=O)CN1CCCN(Cc2ccc(F)cc2)S1(=O)=O. The van der Waals surface area contributed by atoms with Gasteiger partial charge >= 0.3 is 5.97 Å². The van der Waals surface area contributed by atoms with Crippen LogP contribution in [0.5, 0.6) is 0 Å². The van der Waals surface area contributed by atoms with E-state index in [0.29, 0.717) is 18.5 Å². The topological polar surface area (TPSA) is 96.0 Å². The van der Waals surface area contributed by atoms with Crippen LogP contribution in [-0.4, -0.2) is 55.1 Å². The number of nitrogens with one attached hydrogen (secondary N) is 1. The highest BCUT2D eigenvalue weighted by Crippen LogP contribution is 2.21. The van der Waals surface area contributed by atoms with Gasteiger partial charge in [-0.3, -0.25) is 4.79 Å². The van der Waals surface area contributed by atoms with Gasteiger partial charge in [0.15, 0.2) is 0 Å². The minimum Gasteiger partial charge on any atom is -0.462 e. The summed E-state index contributed by atoms with van der Waals surface area (Å²) >= 11 is 0. The summed E-state index contributed by atoms with van der Waals surface area (Å²) in [6, 6.07) is 12.0. The first-order valence-corrected chi connectivity index (χ1v) is 11.3. The Balaban J connectivity index is 1.68. The van der Waals surface area contributed by atoms with E-state index in [1.165, 1.54) is 34.6 Å². The number of carbonyl (C=O) groups is 2. The molecule has 0 unspecified atom stereocenters. The minimum absolute atomic E-state index is 0.0897. The van der Waals surface area contributed by atoms with Crippen molar-refractivity contribution < 1.29 is 27.1 Å². The molecule has 10 heteroatoms. The van der Waals surface area contributed by atoms with E-state index in [1.807, 2.05) is 0 Å². The molecule has 0 radical (unpaired) electrons. The van der Waals surface area contributed by atoms with Gasteiger partial charge in [0.25, 0.3) is 10.2 Å². The second-order valence-electron chi connectivity index (χ2n) is 6.97. The molecular formula is C21H24FN3O5S. The van der Waals surface area contributed by atoms with Crippen LogP contribution in [0.2, 0.25) is 0 Å². The van der Waals surface area contributed by atoms with Gasteiger partial charge in [-0.25, -0.2) is 9.18 Å². The van der Waals surface area contributed by atoms with Crippen molar-refractivity contribution in [2.24, 2.45) is 0 Å². The zero-order valence-electron chi connectivity index (χ0n) is 17.1. The lowest BCUT2D eigenvalue weighted by molar-refractivity contribution is -0.116. The van der Waals surface area contributed by atoms with Crippen LogP contribution in [0.25, 0.3) is 0 Å². The minimum atomic E-state index is -3.87. The van der Waals surface area contributed by atoms with Crippen molar-refractivity contribution in [3.63, 3.8) is 0 Å². The van der Waals surface area contributed by atoms with Crippen molar-refractivity contribution in [1.82, 2.24) is 8.61 Å². The summed E-state index contributed by atoms with van der Waals surface area (Å²) in [5.74, 6) is -1.54. The highest BCUT2D eigenvalue weighted by atomic mass is 32.2. The first-order valence-electron chi connectivity index (χ1n) is 9.87. The molecule has 1 N–H and O–H groups in total. The van der Waals surface area contributed by atoms with E-state index < -0.39 is 27.9 Å². The Bertz CT molecular complexity index is 1040. The van der Waals surface area contributed by atoms with E-state index in [9.17, 15) is 22.4 Å². The monoisotopic (exact) mass is 449 g/mol. The molecule has 0 atom stereocenters. The quantitative estimate of drug-likeness (QED) is 0.655. The predicted octanol–water partition coefficient (Wildman–Crippen LogP) is 2.39. The molecule has 0 aliphatic carbocycles. The highest BCUT2D eigenvalue weighted by molar-refractivity contribution is 7.86. The predicted molar refractivity (Wildman–Crippen MR) is 113 cm³/mol. The number of rotatable bonds is 7. The number of esters is 1. The Morgan fingerprint density at radius 1 is 1.06 bits per heavy atom. The lowest BCUT2D eigenvalue weighted by Gasteiger charge is -2.34. The van der Waals surface area contributed by atoms with Crippen molar-refractivity contribution >= 4 is 27.8 Å². The molecule has 0 bridgehead atoms. The van der Waals surface area contributed by atoms with Gasteiger partial charge in [0, 0.05) is 19.6 Å². The van der Waals surface area contributed by atoms with E-state index >= 15 is 0 Å². The molecule has 2 aromatic rings. The van der Waals surface area contributed by atoms with E-state index in [1.54, 1.807) is 25.1 Å². The average molecular weight is 450 g/mol. The van der Waals surface area contributed by atoms with Gasteiger partial charge in [0.1, 0.15) is 5.82 Å². The Morgan fingerprint density at radius 3 is 2.45 bits per heavy atom. The summed E-state index contributed by atoms with van der Waals surface area (Å²) in [6.07, 6.45) is 0.549. The fourth-order valence-corrected chi connectivity index (χ4v) is 4.90. The number of benzene rings is 2. The van der Waals surface area contributed by atoms with E-state index in [2.05, 4.69) is 5.32 Å². The standard InChI is InChI=1S/C21H24FN3O5S/c1-2-30-21(27)18-6-3-4-7-19(18)23-20(26)15-25-13-5-12-24(31(25,28)29)14-16-8-10-17(22)11-9-16/h3-4,6-11H,2,5,12-15H2,1H3,(H,23,26). The summed E-state index contributed by atoms with van der Waals surface area (Å²) in [5.41, 5.74) is 1.10. The molecule has 8 nitrogen and oxygen atoms in total. The van der Waals surface area contributed by atoms with Gasteiger partial charge in [0.05, 0.1) is 24.4 Å². The first kappa shape index (κ1) is 22.9. The Morgan fingerprint density at radius 2 is 1.74 bits per heavy atom. The number of ether oxygens (including phenoxy) is 1. The summed E-state index contributed by atoms with van der Waals surface area (Å²) < 4.78 is 46.4. The third kappa shape index (κ3) is 5.66. The van der Waals surface area contributed by atoms with Gasteiger partial charge in [-0.2, -0.15) is 17.0 Å². The molecule has 166 valence electrons. The fraction of sp³-hybridized carbons (Fsp3) is 0.333. The molecule has 3 rings (SSSR count). The van der Waals surface area contributed by atoms with Gasteiger partial charge in [-0.1, -0.05) is 24.3 Å². The smallest absolute Gasteiger partial charge is 0.340 e. The van der Waals surface area contributed by atoms with Crippen molar-refractivity contribution in [3.05, 3.63) is 65.5 Å². The molecule has 2 aromatic carbocycles. The Hall–Kier alpha value is -2.82. The summed E-state index contributed by atoms with van der Waals surface area (Å²) in [6.45, 7) is 2.08. The molecule has 31 heavy (non-hydrogen) atoms. The van der Waals surface area contributed by atoms with E-state index in [0.717, 1.165) is 4.31 Å². The number of hydrogen-bond donors (Lipinski definition) is 1. The largest absolute Gasteiger partial charge is 0.462 e. The maximum Gasteiger partial charge on any atom is 0.340 e. The normalized spacial score (nSPS) is 16.6. The third-order valence-corrected chi connectivity index (χ3v) is 6.68. The molecule has 1 amide bonds. The molecular weight excluding hydrogens is 425 g/mol. The maximum atomic E-state index is 13.1. The van der Waals surface area contributed by atoms with Crippen LogP contribution >= 0.6 is 0 Å². The Labute approximate surface area is 180 Å². The maximum absolute atomic E-state index is 13.1. The zero-order chi connectivity index (χ0) is 22.4. The second-order valence-corrected chi connectivity index (χ2v) is 8.90. The lowest BCUT2D eigenvalue weighted by atomic mass is 10.2. The van der Waals surface area contributed by atoms with Gasteiger partial charge in [0.2, 0.25) is 5.91 Å². The van der Waals surface area contributed by atoms with Crippen molar-refractivity contribution in [3.8, 4) is 0 Å². The highest BCUT2D eigenvalue weighted by Gasteiger charge is 2.34. The molecule has 0 aromatic heterocycles. The van der Waals surface area contributed by atoms with E-state index in [4.69, 9.17) is 4.74 Å². The molecule has 1 aliphatic rings. The van der Waals surface area contributed by atoms with Crippen molar-refractivity contribution in [2.75, 3.05) is 31.6 Å². The number of carbonyl (C=O) groups excluding carboxylic acids is 2. The first-order chi connectivity index (χ1) is 14.8. The number of nitrogens with zero attached hydrogens (tertiary/aromatic N) is 2. The van der Waals surface area contributed by atoms with Crippen LogP contribution in [-0.2, 0) is 26.3 Å². The van der Waals surface area contributed by atoms with Gasteiger partial charge < -0.3 is 10.1 Å². The molecule has 0 spiro atoms. The van der Waals surface area contributed by atoms with Crippen LogP contribution < -0.4 is 5.32 Å². The van der Waals surface area contributed by atoms with Crippen LogP contribution in [0.15, 0.2) is 48.5 Å². The van der Waals surface area contributed by atoms with Crippen molar-refractivity contribution in [2.45, 2.75) is 19.9 Å². The molecule has 1 heterocycles. The van der Waals surface area contributed by atoms with Crippen molar-refractivity contribution in [1.29, 1.82) is 0 Å². The number of para-hydroxylation sites is 1. The van der Waals surface area contributed by atoms with Gasteiger partial charge in [-0.15, -0.1) is 0 Å². The van der Waals surface area contributed by atoms with Crippen LogP contribution in [0.1, 0.15) is 29.3 Å². The zero-order valence-corrected chi connectivity index (χ0v) is 17.9. The van der Waals surface area contributed by atoms with Gasteiger partial charge in [-0.05, 0) is 43.2 Å². The van der Waals surface area contributed by atoms with Crippen LogP contribution in [0.4, 0.5) is 10.1 Å². The second kappa shape index (κ2) is 9.99. The lowest BCUT2D eigenvalue weighted by Crippen LogP contribution is -2.51. The average Bonchev–Trinajstić information content (AvgIpc) is 2.73. The van der Waals surface area contributed by atoms with Crippen LogP contribution in [0.3, 0.4) is 0 Å². The fourth-order valence-electron chi connectivity index (χ4n) is 3.26. The molecule has 1 fully saturated rings. The number of anilines is 1. The Kier molecular flexibility index (Phi) is 7.37. The van der Waals surface area contributed by atoms with Crippen LogP contribution in [0, 0.1) is 5.82 Å². The molecule has 1 saturated heterocycles. The third-order valence-electron chi connectivity index (χ3n) is 4.76. The number of halogens is 1. The number of amides is 1. The summed E-state index contributed by atoms with van der Waals surface area (Å²) in [7, 11) is -3.87. The molecule has 1 aliphatic heterocycles. The molecule has 0 saturated carbocycles. The summed E-state index contributed by atoms with van der Waals surface area (Å²) in [4.78, 5) is 24.6. The summed E-state index contributed by atoms with van der Waals surface area (Å²) in [5, 5.41) is 2.60. The number of hydrogen-bond acceptors (Lipinski definition) is 5. The van der Waals surface area contributed by atoms with E-state index in [-0.39, 0.29) is 37.5 Å².